The van der Waals surface area contributed by atoms with Gasteiger partial charge in [-0.15, -0.1) is 23.2 Å². The second-order valence-corrected chi connectivity index (χ2v) is 2.57. The van der Waals surface area contributed by atoms with Crippen molar-refractivity contribution in [2.75, 3.05) is 6.61 Å². The summed E-state index contributed by atoms with van der Waals surface area (Å²) in [5.41, 5.74) is 0. The van der Waals surface area contributed by atoms with Gasteiger partial charge in [0.25, 0.3) is 0 Å². The topological polar surface area (TPSA) is 46.5 Å². The second kappa shape index (κ2) is 4.70. The van der Waals surface area contributed by atoms with Crippen LogP contribution >= 0.6 is 23.2 Å². The number of ether oxygens (including phenoxy) is 1. The van der Waals surface area contributed by atoms with E-state index in [-0.39, 0.29) is 6.61 Å². The minimum Gasteiger partial charge on any atom is -0.450 e. The van der Waals surface area contributed by atoms with Gasteiger partial charge < -0.3 is 9.84 Å². The van der Waals surface area contributed by atoms with E-state index in [1.165, 1.54) is 0 Å². The highest BCUT2D eigenvalue weighted by molar-refractivity contribution is 6.44. The lowest BCUT2D eigenvalue weighted by molar-refractivity contribution is 0.0915. The Labute approximate surface area is 62.5 Å². The van der Waals surface area contributed by atoms with Crippen molar-refractivity contribution in [3.8, 4) is 0 Å². The average molecular weight is 173 g/mol. The number of rotatable bonds is 3. The van der Waals surface area contributed by atoms with Gasteiger partial charge in [-0.3, -0.25) is 0 Å². The SMILES string of the molecule is O=C(O)OCCC(Cl)Cl. The average Bonchev–Trinajstić information content (AvgIpc) is 1.63. The standard InChI is InChI=1S/C4H6Cl2O3/c5-3(6)1-2-9-4(7)8/h3H,1-2H2,(H,7,8). The molecule has 0 aromatic heterocycles. The van der Waals surface area contributed by atoms with Crippen LogP contribution in [0.4, 0.5) is 4.79 Å². The number of hydrogen-bond acceptors (Lipinski definition) is 2. The zero-order chi connectivity index (χ0) is 7.28. The largest absolute Gasteiger partial charge is 0.505 e. The first-order valence-corrected chi connectivity index (χ1v) is 3.14. The van der Waals surface area contributed by atoms with Gasteiger partial charge in [0.1, 0.15) is 4.84 Å². The maximum Gasteiger partial charge on any atom is 0.505 e. The summed E-state index contributed by atoms with van der Waals surface area (Å²) in [6, 6.07) is 0. The van der Waals surface area contributed by atoms with Gasteiger partial charge in [-0.2, -0.15) is 0 Å². The van der Waals surface area contributed by atoms with Crippen LogP contribution in [-0.4, -0.2) is 22.7 Å². The van der Waals surface area contributed by atoms with Gasteiger partial charge in [-0.1, -0.05) is 0 Å². The highest BCUT2D eigenvalue weighted by atomic mass is 35.5. The third kappa shape index (κ3) is 7.85. The molecule has 0 radical (unpaired) electrons. The first-order valence-electron chi connectivity index (χ1n) is 2.27. The minimum atomic E-state index is -1.30. The van der Waals surface area contributed by atoms with Crippen molar-refractivity contribution in [2.45, 2.75) is 11.3 Å². The summed E-state index contributed by atoms with van der Waals surface area (Å²) in [7, 11) is 0. The van der Waals surface area contributed by atoms with E-state index in [4.69, 9.17) is 28.3 Å². The minimum absolute atomic E-state index is 0.0486. The fraction of sp³-hybridized carbons (Fsp3) is 0.750. The number of carbonyl (C=O) groups is 1. The molecule has 0 aromatic carbocycles. The quantitative estimate of drug-likeness (QED) is 0.523. The lowest BCUT2D eigenvalue weighted by Gasteiger charge is -1.98. The molecule has 0 amide bonds. The van der Waals surface area contributed by atoms with E-state index in [9.17, 15) is 4.79 Å². The summed E-state index contributed by atoms with van der Waals surface area (Å²) < 4.78 is 4.10. The lowest BCUT2D eigenvalue weighted by atomic mass is 10.5. The molecule has 0 aliphatic rings. The second-order valence-electron chi connectivity index (χ2n) is 1.29. The molecule has 0 rings (SSSR count). The van der Waals surface area contributed by atoms with E-state index >= 15 is 0 Å². The van der Waals surface area contributed by atoms with Crippen LogP contribution in [-0.2, 0) is 4.74 Å². The molecule has 9 heavy (non-hydrogen) atoms. The van der Waals surface area contributed by atoms with Crippen molar-refractivity contribution >= 4 is 29.4 Å². The maximum absolute atomic E-state index is 9.67. The van der Waals surface area contributed by atoms with Gasteiger partial charge >= 0.3 is 6.16 Å². The van der Waals surface area contributed by atoms with Crippen LogP contribution in [0.15, 0.2) is 0 Å². The zero-order valence-corrected chi connectivity index (χ0v) is 6.02. The summed E-state index contributed by atoms with van der Waals surface area (Å²) in [6.45, 7) is 0.0486. The first kappa shape index (κ1) is 8.85. The van der Waals surface area contributed by atoms with Gasteiger partial charge in [0.05, 0.1) is 6.61 Å². The molecule has 3 nitrogen and oxygen atoms in total. The third-order valence-corrected chi connectivity index (χ3v) is 0.998. The Morgan fingerprint density at radius 2 is 2.22 bits per heavy atom. The summed E-state index contributed by atoms with van der Waals surface area (Å²) >= 11 is 10.5. The van der Waals surface area contributed by atoms with Crippen molar-refractivity contribution < 1.29 is 14.6 Å². The molecule has 0 saturated heterocycles. The van der Waals surface area contributed by atoms with Gasteiger partial charge in [0.2, 0.25) is 0 Å². The molecule has 54 valence electrons. The van der Waals surface area contributed by atoms with Crippen LogP contribution in [0.3, 0.4) is 0 Å². The van der Waals surface area contributed by atoms with Crippen LogP contribution in [0, 0.1) is 0 Å². The molecule has 0 bridgehead atoms. The zero-order valence-electron chi connectivity index (χ0n) is 4.51. The Kier molecular flexibility index (Phi) is 4.62. The van der Waals surface area contributed by atoms with E-state index in [1.54, 1.807) is 0 Å². The molecule has 0 saturated carbocycles. The fourth-order valence-corrected chi connectivity index (χ4v) is 0.413. The van der Waals surface area contributed by atoms with E-state index in [0.717, 1.165) is 0 Å². The highest BCUT2D eigenvalue weighted by Crippen LogP contribution is 2.05. The number of hydrogen-bond donors (Lipinski definition) is 1. The Morgan fingerprint density at radius 1 is 1.67 bits per heavy atom. The molecule has 0 atom stereocenters. The molecule has 0 aliphatic carbocycles. The van der Waals surface area contributed by atoms with E-state index in [1.807, 2.05) is 0 Å². The van der Waals surface area contributed by atoms with Crippen LogP contribution in [0.5, 0.6) is 0 Å². The monoisotopic (exact) mass is 172 g/mol. The van der Waals surface area contributed by atoms with E-state index in [2.05, 4.69) is 4.74 Å². The molecule has 0 spiro atoms. The third-order valence-electron chi connectivity index (χ3n) is 0.562. The van der Waals surface area contributed by atoms with Crippen LogP contribution in [0.25, 0.3) is 0 Å². The van der Waals surface area contributed by atoms with Crippen LogP contribution < -0.4 is 0 Å². The van der Waals surface area contributed by atoms with Crippen molar-refractivity contribution in [3.05, 3.63) is 0 Å². The molecular weight excluding hydrogens is 167 g/mol. The predicted octanol–water partition coefficient (Wildman–Crippen LogP) is 1.87. The Balaban J connectivity index is 3.01. The molecule has 0 unspecified atom stereocenters. The number of halogens is 2. The van der Waals surface area contributed by atoms with Crippen molar-refractivity contribution in [2.24, 2.45) is 0 Å². The van der Waals surface area contributed by atoms with Crippen molar-refractivity contribution in [1.82, 2.24) is 0 Å². The smallest absolute Gasteiger partial charge is 0.450 e. The Morgan fingerprint density at radius 3 is 2.56 bits per heavy atom. The molecule has 0 aliphatic heterocycles. The van der Waals surface area contributed by atoms with Crippen molar-refractivity contribution in [3.63, 3.8) is 0 Å². The Hall–Kier alpha value is -0.150. The normalized spacial score (nSPS) is 9.67. The van der Waals surface area contributed by atoms with Gasteiger partial charge in [0, 0.05) is 6.42 Å². The first-order chi connectivity index (χ1) is 4.13. The highest BCUT2D eigenvalue weighted by Gasteiger charge is 2.00. The molecule has 0 fully saturated rings. The molecule has 5 heteroatoms. The van der Waals surface area contributed by atoms with E-state index in [0.29, 0.717) is 6.42 Å². The molecular formula is C4H6Cl2O3. The maximum atomic E-state index is 9.67. The number of alkyl halides is 2. The summed E-state index contributed by atoms with van der Waals surface area (Å²) in [6.07, 6.45) is -0.973. The van der Waals surface area contributed by atoms with Gasteiger partial charge in [-0.25, -0.2) is 4.79 Å². The molecule has 0 aromatic rings. The van der Waals surface area contributed by atoms with Gasteiger partial charge in [0.15, 0.2) is 0 Å². The summed E-state index contributed by atoms with van der Waals surface area (Å²) in [5, 5.41) is 7.92. The van der Waals surface area contributed by atoms with Crippen LogP contribution in [0.1, 0.15) is 6.42 Å². The molecule has 1 N–H and O–H groups in total. The molecule has 0 heterocycles. The lowest BCUT2D eigenvalue weighted by Crippen LogP contribution is -2.04. The summed E-state index contributed by atoms with van der Waals surface area (Å²) in [5.74, 6) is 0. The predicted molar refractivity (Wildman–Crippen MR) is 34.1 cm³/mol. The van der Waals surface area contributed by atoms with Crippen LogP contribution in [0.2, 0.25) is 0 Å². The van der Waals surface area contributed by atoms with Crippen molar-refractivity contribution in [1.29, 1.82) is 0 Å². The Bertz CT molecular complexity index is 93.8. The van der Waals surface area contributed by atoms with Gasteiger partial charge in [-0.05, 0) is 0 Å². The summed E-state index contributed by atoms with van der Waals surface area (Å²) in [4.78, 5) is 9.12. The van der Waals surface area contributed by atoms with E-state index < -0.39 is 11.0 Å². The fourth-order valence-electron chi connectivity index (χ4n) is 0.235. The number of carboxylic acid groups (broad SMARTS) is 1.